The molecule has 0 aromatic rings. The average Bonchev–Trinajstić information content (AvgIpc) is 2.76. The standard InChI is InChI=1S/C13H18N2O3/c1-17-11(16)12-4-2-3-10(12)13(12,9-14)15-5-7-18-8-6-15/h10H,2-8H2,1H3/t10-,12-,13+/m1/s1. The predicted molar refractivity (Wildman–Crippen MR) is 62.5 cm³/mol. The van der Waals surface area contributed by atoms with Crippen LogP contribution in [0.15, 0.2) is 0 Å². The van der Waals surface area contributed by atoms with Gasteiger partial charge in [-0.15, -0.1) is 0 Å². The summed E-state index contributed by atoms with van der Waals surface area (Å²) in [5.74, 6) is -0.0430. The van der Waals surface area contributed by atoms with Crippen molar-refractivity contribution in [2.45, 2.75) is 24.8 Å². The maximum Gasteiger partial charge on any atom is 0.315 e. The van der Waals surface area contributed by atoms with Crippen LogP contribution in [-0.4, -0.2) is 49.8 Å². The van der Waals surface area contributed by atoms with Crippen molar-refractivity contribution < 1.29 is 14.3 Å². The van der Waals surface area contributed by atoms with Gasteiger partial charge < -0.3 is 9.47 Å². The van der Waals surface area contributed by atoms with Gasteiger partial charge in [0.05, 0.1) is 26.4 Å². The minimum atomic E-state index is -0.623. The Morgan fingerprint density at radius 2 is 2.22 bits per heavy atom. The van der Waals surface area contributed by atoms with Crippen molar-refractivity contribution in [2.75, 3.05) is 33.4 Å². The Morgan fingerprint density at radius 3 is 2.83 bits per heavy atom. The van der Waals surface area contributed by atoms with Crippen molar-refractivity contribution in [2.24, 2.45) is 11.3 Å². The van der Waals surface area contributed by atoms with Gasteiger partial charge in [-0.1, -0.05) is 6.42 Å². The molecule has 1 aliphatic heterocycles. The fraction of sp³-hybridized carbons (Fsp3) is 0.846. The average molecular weight is 250 g/mol. The van der Waals surface area contributed by atoms with Crippen LogP contribution in [0, 0.1) is 22.7 Å². The summed E-state index contributed by atoms with van der Waals surface area (Å²) in [6.07, 6.45) is 2.77. The van der Waals surface area contributed by atoms with E-state index in [1.165, 1.54) is 7.11 Å². The third-order valence-electron chi connectivity index (χ3n) is 4.99. The highest BCUT2D eigenvalue weighted by atomic mass is 16.5. The van der Waals surface area contributed by atoms with Crippen molar-refractivity contribution in [3.05, 3.63) is 0 Å². The van der Waals surface area contributed by atoms with Crippen LogP contribution in [0.2, 0.25) is 0 Å². The van der Waals surface area contributed by atoms with Gasteiger partial charge in [0.2, 0.25) is 0 Å². The number of fused-ring (bicyclic) bond motifs is 1. The number of carbonyl (C=O) groups excluding carboxylic acids is 1. The van der Waals surface area contributed by atoms with Gasteiger partial charge in [-0.25, -0.2) is 0 Å². The number of methoxy groups -OCH3 is 1. The summed E-state index contributed by atoms with van der Waals surface area (Å²) in [6.45, 7) is 2.77. The van der Waals surface area contributed by atoms with E-state index >= 15 is 0 Å². The molecule has 0 aromatic heterocycles. The Morgan fingerprint density at radius 1 is 1.50 bits per heavy atom. The first-order valence-electron chi connectivity index (χ1n) is 6.56. The van der Waals surface area contributed by atoms with Gasteiger partial charge >= 0.3 is 5.97 Å². The third kappa shape index (κ3) is 1.15. The lowest BCUT2D eigenvalue weighted by Crippen LogP contribution is -2.50. The third-order valence-corrected chi connectivity index (χ3v) is 4.99. The molecule has 3 atom stereocenters. The van der Waals surface area contributed by atoms with E-state index in [2.05, 4.69) is 11.0 Å². The van der Waals surface area contributed by atoms with E-state index in [9.17, 15) is 10.1 Å². The summed E-state index contributed by atoms with van der Waals surface area (Å²) in [7, 11) is 1.42. The Kier molecular flexibility index (Phi) is 2.61. The fourth-order valence-electron chi connectivity index (χ4n) is 4.25. The summed E-state index contributed by atoms with van der Waals surface area (Å²) in [5, 5.41) is 9.68. The van der Waals surface area contributed by atoms with Crippen molar-refractivity contribution in [1.82, 2.24) is 4.90 Å². The van der Waals surface area contributed by atoms with Crippen LogP contribution in [0.4, 0.5) is 0 Å². The van der Waals surface area contributed by atoms with Crippen LogP contribution in [0.25, 0.3) is 0 Å². The second kappa shape index (κ2) is 3.94. The van der Waals surface area contributed by atoms with Gasteiger partial charge in [-0.05, 0) is 12.8 Å². The van der Waals surface area contributed by atoms with Gasteiger partial charge in [0.15, 0.2) is 0 Å². The van der Waals surface area contributed by atoms with Crippen LogP contribution in [0.3, 0.4) is 0 Å². The van der Waals surface area contributed by atoms with Gasteiger partial charge in [0.25, 0.3) is 0 Å². The summed E-state index contributed by atoms with van der Waals surface area (Å²) in [5.41, 5.74) is -1.18. The predicted octanol–water partition coefficient (Wildman–Crippen LogP) is 0.554. The van der Waals surface area contributed by atoms with Crippen molar-refractivity contribution in [1.29, 1.82) is 5.26 Å². The molecule has 0 spiro atoms. The molecule has 98 valence electrons. The van der Waals surface area contributed by atoms with E-state index in [0.717, 1.165) is 32.4 Å². The number of nitriles is 1. The molecule has 3 aliphatic rings. The summed E-state index contributed by atoms with van der Waals surface area (Å²) < 4.78 is 10.3. The van der Waals surface area contributed by atoms with Gasteiger partial charge in [-0.3, -0.25) is 9.69 Å². The highest BCUT2D eigenvalue weighted by molar-refractivity contribution is 5.86. The van der Waals surface area contributed by atoms with E-state index < -0.39 is 11.0 Å². The Labute approximate surface area is 107 Å². The van der Waals surface area contributed by atoms with E-state index in [-0.39, 0.29) is 11.9 Å². The zero-order valence-corrected chi connectivity index (χ0v) is 10.6. The van der Waals surface area contributed by atoms with E-state index in [1.54, 1.807) is 0 Å². The van der Waals surface area contributed by atoms with Gasteiger partial charge in [0.1, 0.15) is 11.0 Å². The topological polar surface area (TPSA) is 62.6 Å². The molecule has 0 radical (unpaired) electrons. The molecule has 0 bridgehead atoms. The molecule has 0 amide bonds. The van der Waals surface area contributed by atoms with E-state index in [4.69, 9.17) is 9.47 Å². The first-order chi connectivity index (χ1) is 8.74. The summed E-state index contributed by atoms with van der Waals surface area (Å²) in [6, 6.07) is 2.45. The number of ether oxygens (including phenoxy) is 2. The molecule has 0 N–H and O–H groups in total. The number of morpholine rings is 1. The smallest absolute Gasteiger partial charge is 0.315 e. The lowest BCUT2D eigenvalue weighted by atomic mass is 9.94. The minimum Gasteiger partial charge on any atom is -0.468 e. The van der Waals surface area contributed by atoms with Crippen LogP contribution < -0.4 is 0 Å². The Bertz CT molecular complexity index is 413. The van der Waals surface area contributed by atoms with Gasteiger partial charge in [-0.2, -0.15) is 5.26 Å². The number of nitrogens with zero attached hydrogens (tertiary/aromatic N) is 2. The van der Waals surface area contributed by atoms with Crippen LogP contribution in [0.5, 0.6) is 0 Å². The molecule has 0 aromatic carbocycles. The highest BCUT2D eigenvalue weighted by Crippen LogP contribution is 2.73. The molecule has 0 unspecified atom stereocenters. The van der Waals surface area contributed by atoms with Gasteiger partial charge in [0, 0.05) is 19.0 Å². The maximum atomic E-state index is 12.2. The van der Waals surface area contributed by atoms with Crippen molar-refractivity contribution in [3.8, 4) is 6.07 Å². The first-order valence-corrected chi connectivity index (χ1v) is 6.56. The van der Waals surface area contributed by atoms with Crippen LogP contribution in [-0.2, 0) is 14.3 Å². The summed E-state index contributed by atoms with van der Waals surface area (Å²) >= 11 is 0. The maximum absolute atomic E-state index is 12.2. The lowest BCUT2D eigenvalue weighted by Gasteiger charge is -2.34. The largest absolute Gasteiger partial charge is 0.468 e. The molecular weight excluding hydrogens is 232 g/mol. The molecule has 2 saturated carbocycles. The molecule has 3 rings (SSSR count). The highest BCUT2D eigenvalue weighted by Gasteiger charge is 2.85. The molecule has 1 heterocycles. The molecule has 2 aliphatic carbocycles. The molecule has 1 saturated heterocycles. The quantitative estimate of drug-likeness (QED) is 0.670. The van der Waals surface area contributed by atoms with Crippen LogP contribution in [0.1, 0.15) is 19.3 Å². The molecular formula is C13H18N2O3. The monoisotopic (exact) mass is 250 g/mol. The van der Waals surface area contributed by atoms with E-state index in [0.29, 0.717) is 13.2 Å². The number of carbonyl (C=O) groups is 1. The number of hydrogen-bond acceptors (Lipinski definition) is 5. The molecule has 3 fully saturated rings. The molecule has 5 heteroatoms. The normalized spacial score (nSPS) is 43.0. The number of esters is 1. The van der Waals surface area contributed by atoms with Crippen molar-refractivity contribution >= 4 is 5.97 Å². The zero-order chi connectivity index (χ0) is 12.8. The SMILES string of the molecule is COC(=O)[C@@]12CCC[C@H]1[C@]2(C#N)N1CCOCC1. The minimum absolute atomic E-state index is 0.153. The zero-order valence-electron chi connectivity index (χ0n) is 10.6. The van der Waals surface area contributed by atoms with E-state index in [1.807, 2.05) is 0 Å². The Hall–Kier alpha value is -1.12. The van der Waals surface area contributed by atoms with Crippen LogP contribution >= 0.6 is 0 Å². The summed E-state index contributed by atoms with van der Waals surface area (Å²) in [4.78, 5) is 14.3. The molecule has 5 nitrogen and oxygen atoms in total. The number of rotatable bonds is 2. The lowest BCUT2D eigenvalue weighted by molar-refractivity contribution is -0.149. The first kappa shape index (κ1) is 11.9. The Balaban J connectivity index is 1.94. The fourth-order valence-corrected chi connectivity index (χ4v) is 4.25. The number of hydrogen-bond donors (Lipinski definition) is 0. The second-order valence-corrected chi connectivity index (χ2v) is 5.39. The molecule has 18 heavy (non-hydrogen) atoms. The van der Waals surface area contributed by atoms with Crippen molar-refractivity contribution in [3.63, 3.8) is 0 Å². The second-order valence-electron chi connectivity index (χ2n) is 5.39.